The van der Waals surface area contributed by atoms with Crippen molar-refractivity contribution in [3.63, 3.8) is 0 Å². The maximum Gasteiger partial charge on any atom is 0.0636 e. The van der Waals surface area contributed by atoms with Crippen LogP contribution in [0, 0.1) is 0 Å². The van der Waals surface area contributed by atoms with Crippen molar-refractivity contribution in [2.24, 2.45) is 0 Å². The van der Waals surface area contributed by atoms with Crippen LogP contribution in [0.1, 0.15) is 4.88 Å². The Labute approximate surface area is 97.5 Å². The van der Waals surface area contributed by atoms with Crippen LogP contribution in [-0.4, -0.2) is 18.3 Å². The van der Waals surface area contributed by atoms with Crippen LogP contribution < -0.4 is 5.32 Å². The summed E-state index contributed by atoms with van der Waals surface area (Å²) in [7, 11) is 0. The largest absolute Gasteiger partial charge is 0.395 e. The Morgan fingerprint density at radius 3 is 2.87 bits per heavy atom. The van der Waals surface area contributed by atoms with Gasteiger partial charge in [-0.15, -0.1) is 11.3 Å². The average molecular weight is 242 g/mol. The van der Waals surface area contributed by atoms with Gasteiger partial charge in [0.25, 0.3) is 0 Å². The number of aliphatic hydroxyl groups excluding tert-OH is 1. The van der Waals surface area contributed by atoms with Crippen LogP contribution in [0.4, 0.5) is 0 Å². The highest BCUT2D eigenvalue weighted by atomic mass is 35.5. The normalized spacial score (nSPS) is 11.1. The fourth-order valence-corrected chi connectivity index (χ4v) is 2.93. The first kappa shape index (κ1) is 10.9. The molecule has 1 aromatic carbocycles. The summed E-state index contributed by atoms with van der Waals surface area (Å²) in [4.78, 5) is 1.13. The zero-order valence-corrected chi connectivity index (χ0v) is 9.74. The summed E-state index contributed by atoms with van der Waals surface area (Å²) >= 11 is 7.94. The lowest BCUT2D eigenvalue weighted by Crippen LogP contribution is -2.16. The Balaban J connectivity index is 2.24. The molecule has 1 aromatic heterocycles. The lowest BCUT2D eigenvalue weighted by Gasteiger charge is -1.99. The molecular weight excluding hydrogens is 230 g/mol. The Morgan fingerprint density at radius 2 is 2.13 bits per heavy atom. The smallest absolute Gasteiger partial charge is 0.0636 e. The zero-order valence-electron chi connectivity index (χ0n) is 8.16. The first-order valence-electron chi connectivity index (χ1n) is 4.80. The van der Waals surface area contributed by atoms with Gasteiger partial charge in [-0.05, 0) is 6.07 Å². The second-order valence-corrected chi connectivity index (χ2v) is 4.75. The molecule has 0 spiro atoms. The molecule has 0 aliphatic rings. The van der Waals surface area contributed by atoms with Crippen molar-refractivity contribution < 1.29 is 5.11 Å². The lowest BCUT2D eigenvalue weighted by molar-refractivity contribution is 0.292. The summed E-state index contributed by atoms with van der Waals surface area (Å²) in [5.74, 6) is 0. The Hall–Kier alpha value is -0.610. The van der Waals surface area contributed by atoms with Gasteiger partial charge < -0.3 is 10.4 Å². The number of halogens is 1. The molecule has 0 aliphatic carbocycles. The highest BCUT2D eigenvalue weighted by molar-refractivity contribution is 7.19. The molecule has 0 saturated heterocycles. The molecule has 0 bridgehead atoms. The number of hydrogen-bond donors (Lipinski definition) is 2. The third kappa shape index (κ3) is 2.32. The number of rotatable bonds is 4. The minimum atomic E-state index is 0.155. The summed E-state index contributed by atoms with van der Waals surface area (Å²) in [6, 6.07) is 8.11. The summed E-state index contributed by atoms with van der Waals surface area (Å²) in [5, 5.41) is 13.7. The molecule has 2 aromatic rings. The van der Waals surface area contributed by atoms with E-state index in [1.54, 1.807) is 11.3 Å². The van der Waals surface area contributed by atoms with Crippen LogP contribution in [0.5, 0.6) is 0 Å². The van der Waals surface area contributed by atoms with Gasteiger partial charge in [-0.25, -0.2) is 0 Å². The van der Waals surface area contributed by atoms with Gasteiger partial charge in [0.2, 0.25) is 0 Å². The van der Waals surface area contributed by atoms with Gasteiger partial charge in [0.1, 0.15) is 0 Å². The predicted octanol–water partition coefficient (Wildman–Crippen LogP) is 2.64. The summed E-state index contributed by atoms with van der Waals surface area (Å²) < 4.78 is 1.21. The molecule has 2 N–H and O–H groups in total. The van der Waals surface area contributed by atoms with Crippen LogP contribution >= 0.6 is 22.9 Å². The molecule has 0 fully saturated rings. The van der Waals surface area contributed by atoms with E-state index in [1.807, 2.05) is 18.2 Å². The molecule has 4 heteroatoms. The maximum atomic E-state index is 8.66. The van der Waals surface area contributed by atoms with E-state index in [-0.39, 0.29) is 6.61 Å². The third-order valence-corrected chi connectivity index (χ3v) is 3.89. The second kappa shape index (κ2) is 4.94. The van der Waals surface area contributed by atoms with Crippen LogP contribution in [0.3, 0.4) is 0 Å². The van der Waals surface area contributed by atoms with Crippen molar-refractivity contribution in [2.75, 3.05) is 13.2 Å². The molecule has 0 atom stereocenters. The number of nitrogens with one attached hydrogen (secondary N) is 1. The zero-order chi connectivity index (χ0) is 10.7. The first-order valence-corrected chi connectivity index (χ1v) is 6.00. The molecule has 0 saturated carbocycles. The molecule has 80 valence electrons. The minimum absolute atomic E-state index is 0.155. The summed E-state index contributed by atoms with van der Waals surface area (Å²) in [6.45, 7) is 1.48. The van der Waals surface area contributed by atoms with E-state index < -0.39 is 0 Å². The fourth-order valence-electron chi connectivity index (χ4n) is 1.46. The number of thiophene rings is 1. The quantitative estimate of drug-likeness (QED) is 0.807. The van der Waals surface area contributed by atoms with E-state index in [9.17, 15) is 0 Å². The van der Waals surface area contributed by atoms with Crippen molar-refractivity contribution in [1.82, 2.24) is 5.32 Å². The SMILES string of the molecule is OCCNCc1sc2ccccc2c1Cl. The van der Waals surface area contributed by atoms with Crippen molar-refractivity contribution in [3.05, 3.63) is 34.2 Å². The molecule has 0 unspecified atom stereocenters. The van der Waals surface area contributed by atoms with E-state index in [0.29, 0.717) is 6.54 Å². The summed E-state index contributed by atoms with van der Waals surface area (Å²) in [6.07, 6.45) is 0. The predicted molar refractivity (Wildman–Crippen MR) is 65.6 cm³/mol. The van der Waals surface area contributed by atoms with Gasteiger partial charge in [-0.3, -0.25) is 0 Å². The fraction of sp³-hybridized carbons (Fsp3) is 0.273. The second-order valence-electron chi connectivity index (χ2n) is 3.24. The van der Waals surface area contributed by atoms with Gasteiger partial charge in [0.15, 0.2) is 0 Å². The van der Waals surface area contributed by atoms with Crippen LogP contribution in [0.2, 0.25) is 5.02 Å². The summed E-state index contributed by atoms with van der Waals surface area (Å²) in [5.41, 5.74) is 0. The molecule has 2 nitrogen and oxygen atoms in total. The first-order chi connectivity index (χ1) is 7.33. The van der Waals surface area contributed by atoms with E-state index in [0.717, 1.165) is 21.8 Å². The van der Waals surface area contributed by atoms with Gasteiger partial charge in [-0.2, -0.15) is 0 Å². The monoisotopic (exact) mass is 241 g/mol. The van der Waals surface area contributed by atoms with Gasteiger partial charge in [0, 0.05) is 28.1 Å². The van der Waals surface area contributed by atoms with E-state index in [4.69, 9.17) is 16.7 Å². The number of benzene rings is 1. The Kier molecular flexibility index (Phi) is 3.59. The van der Waals surface area contributed by atoms with Crippen LogP contribution in [0.25, 0.3) is 10.1 Å². The van der Waals surface area contributed by atoms with Crippen molar-refractivity contribution >= 4 is 33.0 Å². The van der Waals surface area contributed by atoms with Crippen LogP contribution in [0.15, 0.2) is 24.3 Å². The molecule has 0 amide bonds. The minimum Gasteiger partial charge on any atom is -0.395 e. The van der Waals surface area contributed by atoms with Gasteiger partial charge in [0.05, 0.1) is 11.6 Å². The number of aliphatic hydroxyl groups is 1. The van der Waals surface area contributed by atoms with E-state index >= 15 is 0 Å². The maximum absolute atomic E-state index is 8.66. The van der Waals surface area contributed by atoms with E-state index in [1.165, 1.54) is 4.70 Å². The third-order valence-electron chi connectivity index (χ3n) is 2.18. The highest BCUT2D eigenvalue weighted by Crippen LogP contribution is 2.34. The molecular formula is C11H12ClNOS. The molecule has 0 aliphatic heterocycles. The molecule has 2 rings (SSSR count). The van der Waals surface area contributed by atoms with Crippen LogP contribution in [-0.2, 0) is 6.54 Å². The van der Waals surface area contributed by atoms with Crippen molar-refractivity contribution in [2.45, 2.75) is 6.54 Å². The average Bonchev–Trinajstić information content (AvgIpc) is 2.57. The highest BCUT2D eigenvalue weighted by Gasteiger charge is 2.08. The van der Waals surface area contributed by atoms with Crippen molar-refractivity contribution in [3.8, 4) is 0 Å². The number of fused-ring (bicyclic) bond motifs is 1. The number of hydrogen-bond acceptors (Lipinski definition) is 3. The standard InChI is InChI=1S/C11H12ClNOS/c12-11-8-3-1-2-4-9(8)15-10(11)7-13-5-6-14/h1-4,13-14H,5-7H2. The topological polar surface area (TPSA) is 32.3 Å². The molecule has 1 heterocycles. The Morgan fingerprint density at radius 1 is 1.33 bits per heavy atom. The van der Waals surface area contributed by atoms with Gasteiger partial charge in [-0.1, -0.05) is 29.8 Å². The molecule has 0 radical (unpaired) electrons. The molecule has 15 heavy (non-hydrogen) atoms. The van der Waals surface area contributed by atoms with Crippen molar-refractivity contribution in [1.29, 1.82) is 0 Å². The van der Waals surface area contributed by atoms with Gasteiger partial charge >= 0.3 is 0 Å². The lowest BCUT2D eigenvalue weighted by atomic mass is 10.2. The van der Waals surface area contributed by atoms with E-state index in [2.05, 4.69) is 11.4 Å². The Bertz CT molecular complexity index is 455.